The van der Waals surface area contributed by atoms with Crippen molar-refractivity contribution in [3.8, 4) is 0 Å². The Kier molecular flexibility index (Phi) is 6.36. The Bertz CT molecular complexity index is 1480. The lowest BCUT2D eigenvalue weighted by atomic mass is 10.0. The molecule has 4 aromatic rings. The number of ether oxygens (including phenoxy) is 1. The van der Waals surface area contributed by atoms with Crippen LogP contribution in [0.15, 0.2) is 83.0 Å². The number of anilines is 1. The third kappa shape index (κ3) is 4.96. The molecule has 0 radical (unpaired) electrons. The van der Waals surface area contributed by atoms with Crippen LogP contribution >= 0.6 is 0 Å². The van der Waals surface area contributed by atoms with Crippen molar-refractivity contribution in [1.29, 1.82) is 0 Å². The van der Waals surface area contributed by atoms with Crippen molar-refractivity contribution < 1.29 is 22.3 Å². The van der Waals surface area contributed by atoms with E-state index >= 15 is 0 Å². The Hall–Kier alpha value is -3.56. The van der Waals surface area contributed by atoms with Gasteiger partial charge in [0.25, 0.3) is 0 Å². The number of imidazole rings is 1. The quantitative estimate of drug-likeness (QED) is 0.363. The molecule has 0 spiro atoms. The highest BCUT2D eigenvalue weighted by molar-refractivity contribution is 7.91. The lowest BCUT2D eigenvalue weighted by Crippen LogP contribution is -2.36. The number of rotatable bonds is 7. The molecule has 3 heterocycles. The van der Waals surface area contributed by atoms with Crippen LogP contribution in [0.25, 0.3) is 5.65 Å². The monoisotopic (exact) mass is 493 g/mol. The van der Waals surface area contributed by atoms with Gasteiger partial charge < -0.3 is 14.0 Å². The molecule has 1 saturated heterocycles. The maximum absolute atomic E-state index is 14.3. The highest BCUT2D eigenvalue weighted by Gasteiger charge is 2.21. The molecule has 180 valence electrons. The van der Waals surface area contributed by atoms with E-state index in [1.807, 2.05) is 4.90 Å². The number of aromatic nitrogens is 2. The Balaban J connectivity index is 1.29. The molecule has 0 amide bonds. The summed E-state index contributed by atoms with van der Waals surface area (Å²) in [5.74, 6) is -0.607. The zero-order valence-electron chi connectivity index (χ0n) is 18.9. The fourth-order valence-electron chi connectivity index (χ4n) is 4.17. The highest BCUT2D eigenvalue weighted by Crippen LogP contribution is 2.27. The smallest absolute Gasteiger partial charge is 0.206 e. The second-order valence-electron chi connectivity index (χ2n) is 8.43. The van der Waals surface area contributed by atoms with Gasteiger partial charge in [0, 0.05) is 49.4 Å². The molecule has 0 saturated carbocycles. The van der Waals surface area contributed by atoms with Crippen LogP contribution in [-0.2, 0) is 21.0 Å². The van der Waals surface area contributed by atoms with E-state index in [1.165, 1.54) is 24.3 Å². The lowest BCUT2D eigenvalue weighted by molar-refractivity contribution is 0.0982. The van der Waals surface area contributed by atoms with Crippen molar-refractivity contribution in [2.45, 2.75) is 22.6 Å². The van der Waals surface area contributed by atoms with E-state index in [2.05, 4.69) is 4.98 Å². The number of hydrogen-bond acceptors (Lipinski definition) is 6. The van der Waals surface area contributed by atoms with Crippen LogP contribution in [0.4, 0.5) is 10.1 Å². The summed E-state index contributed by atoms with van der Waals surface area (Å²) in [4.78, 5) is 18.7. The number of nitrogens with zero attached hydrogens (tertiary/aromatic N) is 3. The molecule has 0 N–H and O–H groups in total. The van der Waals surface area contributed by atoms with Crippen molar-refractivity contribution >= 4 is 27.0 Å². The molecule has 9 heteroatoms. The first-order valence-electron chi connectivity index (χ1n) is 11.3. The molecule has 0 unspecified atom stereocenters. The van der Waals surface area contributed by atoms with Gasteiger partial charge in [0.05, 0.1) is 23.0 Å². The van der Waals surface area contributed by atoms with E-state index in [-0.39, 0.29) is 15.6 Å². The topological polar surface area (TPSA) is 81.0 Å². The lowest BCUT2D eigenvalue weighted by Gasteiger charge is -2.29. The maximum Gasteiger partial charge on any atom is 0.206 e. The Morgan fingerprint density at radius 3 is 2.54 bits per heavy atom. The fraction of sp³-hybridized carbons (Fsp3) is 0.231. The molecule has 7 nitrogen and oxygen atoms in total. The van der Waals surface area contributed by atoms with E-state index in [4.69, 9.17) is 4.74 Å². The second kappa shape index (κ2) is 9.59. The van der Waals surface area contributed by atoms with E-state index < -0.39 is 15.7 Å². The van der Waals surface area contributed by atoms with Gasteiger partial charge >= 0.3 is 0 Å². The Morgan fingerprint density at radius 1 is 1.00 bits per heavy atom. The van der Waals surface area contributed by atoms with Crippen molar-refractivity contribution in [3.63, 3.8) is 0 Å². The summed E-state index contributed by atoms with van der Waals surface area (Å²) in [5.41, 5.74) is 2.73. The van der Waals surface area contributed by atoms with Crippen molar-refractivity contribution in [2.24, 2.45) is 0 Å². The van der Waals surface area contributed by atoms with Gasteiger partial charge in [0.2, 0.25) is 9.84 Å². The minimum atomic E-state index is -3.90. The number of morpholine rings is 1. The van der Waals surface area contributed by atoms with Gasteiger partial charge in [-0.05, 0) is 54.4 Å². The van der Waals surface area contributed by atoms with Gasteiger partial charge in [-0.1, -0.05) is 12.1 Å². The van der Waals surface area contributed by atoms with E-state index in [1.54, 1.807) is 47.3 Å². The summed E-state index contributed by atoms with van der Waals surface area (Å²) >= 11 is 0. The molecule has 5 rings (SSSR count). The predicted molar refractivity (Wildman–Crippen MR) is 129 cm³/mol. The molecule has 1 aliphatic heterocycles. The molecule has 0 aliphatic carbocycles. The zero-order valence-corrected chi connectivity index (χ0v) is 19.7. The SMILES string of the molecule is O=C(CCc1ccc(S(=O)(=O)c2cc(F)cc(N3CCOCC3)c2)cc1)c1ccc2nccn2c1. The zero-order chi connectivity index (χ0) is 24.4. The van der Waals surface area contributed by atoms with Gasteiger partial charge in [-0.2, -0.15) is 0 Å². The van der Waals surface area contributed by atoms with Crippen molar-refractivity contribution in [1.82, 2.24) is 9.38 Å². The van der Waals surface area contributed by atoms with E-state index in [0.29, 0.717) is 50.4 Å². The number of benzene rings is 2. The standard InChI is InChI=1S/C26H24FN3O4S/c27-21-15-22(29-11-13-34-14-12-29)17-24(16-21)35(32,33)23-5-1-19(2-6-23)3-7-25(31)20-4-8-26-28-9-10-30(26)18-20/h1-2,4-6,8-10,15-18H,3,7,11-14H2. The summed E-state index contributed by atoms with van der Waals surface area (Å²) in [6, 6.07) is 13.8. The van der Waals surface area contributed by atoms with Gasteiger partial charge in [-0.3, -0.25) is 4.79 Å². The van der Waals surface area contributed by atoms with Gasteiger partial charge in [-0.15, -0.1) is 0 Å². The normalized spacial score (nSPS) is 14.4. The average molecular weight is 494 g/mol. The minimum absolute atomic E-state index is 0.00676. The fourth-order valence-corrected chi connectivity index (χ4v) is 5.48. The van der Waals surface area contributed by atoms with Crippen LogP contribution in [0.5, 0.6) is 0 Å². The average Bonchev–Trinajstić information content (AvgIpc) is 3.36. The number of fused-ring (bicyclic) bond motifs is 1. The summed E-state index contributed by atoms with van der Waals surface area (Å²) < 4.78 is 47.8. The second-order valence-corrected chi connectivity index (χ2v) is 10.4. The largest absolute Gasteiger partial charge is 0.378 e. The molecule has 1 fully saturated rings. The molecular weight excluding hydrogens is 469 g/mol. The van der Waals surface area contributed by atoms with Crippen LogP contribution in [0, 0.1) is 5.82 Å². The number of carbonyl (C=O) groups is 1. The summed E-state index contributed by atoms with van der Waals surface area (Å²) in [5, 5.41) is 0. The maximum atomic E-state index is 14.3. The highest BCUT2D eigenvalue weighted by atomic mass is 32.2. The Labute approximate surface area is 202 Å². The van der Waals surface area contributed by atoms with Crippen LogP contribution in [0.2, 0.25) is 0 Å². The first kappa shape index (κ1) is 23.2. The molecule has 0 atom stereocenters. The van der Waals surface area contributed by atoms with Gasteiger partial charge in [0.1, 0.15) is 11.5 Å². The summed E-state index contributed by atoms with van der Waals surface area (Å²) in [6.45, 7) is 2.18. The Morgan fingerprint density at radius 2 is 1.77 bits per heavy atom. The molecule has 35 heavy (non-hydrogen) atoms. The van der Waals surface area contributed by atoms with Gasteiger partial charge in [-0.25, -0.2) is 17.8 Å². The molecule has 2 aromatic carbocycles. The minimum Gasteiger partial charge on any atom is -0.378 e. The van der Waals surface area contributed by atoms with Crippen molar-refractivity contribution in [3.05, 3.63) is 90.1 Å². The summed E-state index contributed by atoms with van der Waals surface area (Å²) in [6.07, 6.45) is 5.98. The number of carbonyl (C=O) groups excluding carboxylic acids is 1. The van der Waals surface area contributed by atoms with Crippen LogP contribution < -0.4 is 4.90 Å². The predicted octanol–water partition coefficient (Wildman–Crippen LogP) is 3.96. The third-order valence-electron chi connectivity index (χ3n) is 6.13. The first-order valence-corrected chi connectivity index (χ1v) is 12.8. The summed E-state index contributed by atoms with van der Waals surface area (Å²) in [7, 11) is -3.90. The van der Waals surface area contributed by atoms with Crippen LogP contribution in [-0.4, -0.2) is 49.9 Å². The molecule has 2 aromatic heterocycles. The van der Waals surface area contributed by atoms with Crippen molar-refractivity contribution in [2.75, 3.05) is 31.2 Å². The number of aryl methyl sites for hydroxylation is 1. The number of Topliss-reactive ketones (excluding diaryl/α,β-unsaturated/α-hetero) is 1. The van der Waals surface area contributed by atoms with Crippen LogP contribution in [0.1, 0.15) is 22.3 Å². The van der Waals surface area contributed by atoms with E-state index in [9.17, 15) is 17.6 Å². The number of hydrogen-bond donors (Lipinski definition) is 0. The van der Waals surface area contributed by atoms with E-state index in [0.717, 1.165) is 17.3 Å². The number of sulfone groups is 1. The molecular formula is C26H24FN3O4S. The third-order valence-corrected chi connectivity index (χ3v) is 7.88. The number of halogens is 1. The molecule has 0 bridgehead atoms. The van der Waals surface area contributed by atoms with Crippen LogP contribution in [0.3, 0.4) is 0 Å². The number of pyridine rings is 1. The first-order chi connectivity index (χ1) is 16.9. The van der Waals surface area contributed by atoms with Gasteiger partial charge in [0.15, 0.2) is 5.78 Å². The molecule has 1 aliphatic rings. The number of ketones is 1.